The van der Waals surface area contributed by atoms with Gasteiger partial charge in [0.15, 0.2) is 5.96 Å². The van der Waals surface area contributed by atoms with Crippen molar-refractivity contribution >= 4 is 35.6 Å². The van der Waals surface area contributed by atoms with E-state index in [2.05, 4.69) is 15.2 Å². The Morgan fingerprint density at radius 1 is 1.07 bits per heavy atom. The lowest BCUT2D eigenvalue weighted by Crippen LogP contribution is -2.40. The van der Waals surface area contributed by atoms with Gasteiger partial charge in [-0.2, -0.15) is 13.2 Å². The van der Waals surface area contributed by atoms with Gasteiger partial charge in [-0.05, 0) is 29.8 Å². The Morgan fingerprint density at radius 3 is 2.28 bits per heavy atom. The van der Waals surface area contributed by atoms with Crippen LogP contribution in [0.3, 0.4) is 0 Å². The predicted molar refractivity (Wildman–Crippen MR) is 119 cm³/mol. The molecule has 9 heteroatoms. The highest BCUT2D eigenvalue weighted by Crippen LogP contribution is 2.31. The van der Waals surface area contributed by atoms with E-state index in [0.29, 0.717) is 32.8 Å². The molecule has 0 spiro atoms. The summed E-state index contributed by atoms with van der Waals surface area (Å²) in [5.74, 6) is 0.261. The highest BCUT2D eigenvalue weighted by Gasteiger charge is 2.31. The fraction of sp³-hybridized carbons (Fsp3) is 0.350. The fourth-order valence-corrected chi connectivity index (χ4v) is 3.11. The van der Waals surface area contributed by atoms with Crippen molar-refractivity contribution in [1.82, 2.24) is 4.90 Å². The minimum absolute atomic E-state index is 0. The van der Waals surface area contributed by atoms with E-state index in [1.807, 2.05) is 30.3 Å². The number of para-hydroxylation sites is 1. The van der Waals surface area contributed by atoms with Gasteiger partial charge in [-0.3, -0.25) is 9.89 Å². The lowest BCUT2D eigenvalue weighted by atomic mass is 10.0. The number of aliphatic imine (C=N–C) groups is 1. The molecule has 1 fully saturated rings. The molecule has 0 radical (unpaired) electrons. The van der Waals surface area contributed by atoms with Crippen LogP contribution in [-0.2, 0) is 10.9 Å². The minimum Gasteiger partial charge on any atom is -0.379 e. The van der Waals surface area contributed by atoms with Crippen LogP contribution in [0.15, 0.2) is 59.6 Å². The average Bonchev–Trinajstić information content (AvgIpc) is 2.69. The minimum atomic E-state index is -4.35. The molecule has 1 unspecified atom stereocenters. The number of anilines is 1. The Kier molecular flexibility index (Phi) is 8.72. The first-order valence-electron chi connectivity index (χ1n) is 9.04. The zero-order valence-electron chi connectivity index (χ0n) is 15.7. The molecule has 2 aromatic carbocycles. The average molecular weight is 520 g/mol. The molecule has 1 aliphatic heterocycles. The first-order valence-corrected chi connectivity index (χ1v) is 9.04. The molecule has 1 aliphatic rings. The number of rotatable bonds is 5. The number of nitrogens with two attached hydrogens (primary N) is 1. The van der Waals surface area contributed by atoms with Gasteiger partial charge in [0.05, 0.1) is 31.4 Å². The lowest BCUT2D eigenvalue weighted by Gasteiger charge is -2.34. The summed E-state index contributed by atoms with van der Waals surface area (Å²) < 4.78 is 44.0. The molecule has 3 rings (SSSR count). The highest BCUT2D eigenvalue weighted by atomic mass is 127. The van der Waals surface area contributed by atoms with Gasteiger partial charge in [-0.1, -0.05) is 30.3 Å². The summed E-state index contributed by atoms with van der Waals surface area (Å²) >= 11 is 0. The maximum Gasteiger partial charge on any atom is 0.416 e. The summed E-state index contributed by atoms with van der Waals surface area (Å²) in [4.78, 5) is 6.58. The first-order chi connectivity index (χ1) is 13.4. The third kappa shape index (κ3) is 6.86. The van der Waals surface area contributed by atoms with E-state index in [4.69, 9.17) is 10.5 Å². The van der Waals surface area contributed by atoms with Crippen molar-refractivity contribution in [2.75, 3.05) is 38.2 Å². The molecule has 0 bridgehead atoms. The van der Waals surface area contributed by atoms with Crippen molar-refractivity contribution in [3.63, 3.8) is 0 Å². The van der Waals surface area contributed by atoms with Crippen molar-refractivity contribution in [1.29, 1.82) is 0 Å². The topological polar surface area (TPSA) is 62.9 Å². The molecule has 158 valence electrons. The van der Waals surface area contributed by atoms with E-state index < -0.39 is 11.7 Å². The van der Waals surface area contributed by atoms with Gasteiger partial charge >= 0.3 is 6.18 Å². The van der Waals surface area contributed by atoms with E-state index in [0.717, 1.165) is 23.4 Å². The van der Waals surface area contributed by atoms with Gasteiger partial charge in [0.25, 0.3) is 0 Å². The number of benzene rings is 2. The molecule has 3 N–H and O–H groups in total. The monoisotopic (exact) mass is 520 g/mol. The molecule has 2 aromatic rings. The van der Waals surface area contributed by atoms with Crippen LogP contribution in [-0.4, -0.2) is 43.7 Å². The van der Waals surface area contributed by atoms with Crippen LogP contribution in [0.4, 0.5) is 18.9 Å². The number of ether oxygens (including phenoxy) is 1. The number of guanidine groups is 1. The van der Waals surface area contributed by atoms with Gasteiger partial charge in [0, 0.05) is 18.8 Å². The van der Waals surface area contributed by atoms with Crippen LogP contribution in [0.1, 0.15) is 17.2 Å². The van der Waals surface area contributed by atoms with E-state index in [9.17, 15) is 13.2 Å². The maximum atomic E-state index is 12.9. The number of alkyl halides is 3. The molecule has 0 saturated carbocycles. The van der Waals surface area contributed by atoms with Crippen LogP contribution in [0, 0.1) is 0 Å². The van der Waals surface area contributed by atoms with Crippen molar-refractivity contribution in [2.24, 2.45) is 10.7 Å². The summed E-state index contributed by atoms with van der Waals surface area (Å²) in [6.45, 7) is 2.87. The number of nitrogens with one attached hydrogen (secondary N) is 1. The molecule has 0 aliphatic carbocycles. The van der Waals surface area contributed by atoms with Gasteiger partial charge in [0.1, 0.15) is 0 Å². The largest absolute Gasteiger partial charge is 0.416 e. The second-order valence-corrected chi connectivity index (χ2v) is 6.50. The first kappa shape index (κ1) is 23.4. The van der Waals surface area contributed by atoms with Crippen molar-refractivity contribution in [3.05, 3.63) is 65.7 Å². The maximum absolute atomic E-state index is 12.9. The summed E-state index contributed by atoms with van der Waals surface area (Å²) in [5.41, 5.74) is 6.92. The molecule has 1 atom stereocenters. The van der Waals surface area contributed by atoms with Crippen LogP contribution in [0.25, 0.3) is 0 Å². The van der Waals surface area contributed by atoms with Crippen molar-refractivity contribution in [3.8, 4) is 0 Å². The van der Waals surface area contributed by atoms with Gasteiger partial charge in [-0.25, -0.2) is 0 Å². The Labute approximate surface area is 185 Å². The zero-order valence-corrected chi connectivity index (χ0v) is 18.1. The van der Waals surface area contributed by atoms with Gasteiger partial charge in [0.2, 0.25) is 0 Å². The van der Waals surface area contributed by atoms with E-state index in [1.54, 1.807) is 0 Å². The zero-order chi connectivity index (χ0) is 20.0. The summed E-state index contributed by atoms with van der Waals surface area (Å²) in [6, 6.07) is 14.5. The Hall–Kier alpha value is -1.85. The highest BCUT2D eigenvalue weighted by molar-refractivity contribution is 14.0. The quantitative estimate of drug-likeness (QED) is 0.354. The standard InChI is InChI=1S/C20H23F3N4O.HI/c21-20(22,23)16-8-6-15(7-9-16)18(27-10-12-28-13-11-27)14-25-19(24)26-17-4-2-1-3-5-17;/h1-9,18H,10-14H2,(H3,24,25,26);1H. The lowest BCUT2D eigenvalue weighted by molar-refractivity contribution is -0.137. The molecular formula is C20H24F3IN4O. The smallest absolute Gasteiger partial charge is 0.379 e. The summed E-state index contributed by atoms with van der Waals surface area (Å²) in [7, 11) is 0. The van der Waals surface area contributed by atoms with Crippen LogP contribution < -0.4 is 11.1 Å². The molecule has 0 amide bonds. The fourth-order valence-electron chi connectivity index (χ4n) is 3.11. The van der Waals surface area contributed by atoms with E-state index in [1.165, 1.54) is 12.1 Å². The molecule has 1 heterocycles. The molecule has 1 saturated heterocycles. The predicted octanol–water partition coefficient (Wildman–Crippen LogP) is 4.12. The van der Waals surface area contributed by atoms with Gasteiger partial charge in [-0.15, -0.1) is 24.0 Å². The third-order valence-electron chi connectivity index (χ3n) is 4.59. The van der Waals surface area contributed by atoms with Crippen LogP contribution in [0.2, 0.25) is 0 Å². The summed E-state index contributed by atoms with van der Waals surface area (Å²) in [6.07, 6.45) is -4.35. The van der Waals surface area contributed by atoms with Gasteiger partial charge < -0.3 is 15.8 Å². The van der Waals surface area contributed by atoms with Crippen LogP contribution in [0.5, 0.6) is 0 Å². The van der Waals surface area contributed by atoms with E-state index in [-0.39, 0.29) is 36.0 Å². The SMILES string of the molecule is I.NC(=NCC(c1ccc(C(F)(F)F)cc1)N1CCOCC1)Nc1ccccc1. The van der Waals surface area contributed by atoms with Crippen molar-refractivity contribution in [2.45, 2.75) is 12.2 Å². The molecule has 5 nitrogen and oxygen atoms in total. The van der Waals surface area contributed by atoms with Crippen molar-refractivity contribution < 1.29 is 17.9 Å². The molecular weight excluding hydrogens is 496 g/mol. The molecule has 0 aromatic heterocycles. The van der Waals surface area contributed by atoms with E-state index >= 15 is 0 Å². The third-order valence-corrected chi connectivity index (χ3v) is 4.59. The number of nitrogens with zero attached hydrogens (tertiary/aromatic N) is 2. The normalized spacial score (nSPS) is 16.7. The Balaban J connectivity index is 0.00000300. The Bertz CT molecular complexity index is 779. The number of morpholine rings is 1. The number of halogens is 4. The second-order valence-electron chi connectivity index (χ2n) is 6.50. The van der Waals surface area contributed by atoms with Crippen LogP contribution >= 0.6 is 24.0 Å². The number of hydrogen-bond donors (Lipinski definition) is 2. The number of hydrogen-bond acceptors (Lipinski definition) is 3. The summed E-state index contributed by atoms with van der Waals surface area (Å²) in [5, 5.41) is 3.02. The second kappa shape index (κ2) is 10.8. The molecule has 29 heavy (non-hydrogen) atoms. The Morgan fingerprint density at radius 2 is 1.69 bits per heavy atom.